The Hall–Kier alpha value is -2.14. The van der Waals surface area contributed by atoms with Crippen LogP contribution in [0.3, 0.4) is 0 Å². The van der Waals surface area contributed by atoms with Gasteiger partial charge in [0, 0.05) is 38.1 Å². The average molecular weight is 284 g/mol. The molecule has 0 radical (unpaired) electrons. The second kappa shape index (κ2) is 6.10. The minimum atomic E-state index is 0.204. The maximum absolute atomic E-state index is 12.3. The van der Waals surface area contributed by atoms with Gasteiger partial charge in [0.15, 0.2) is 0 Å². The third-order valence-corrected chi connectivity index (χ3v) is 3.78. The summed E-state index contributed by atoms with van der Waals surface area (Å²) in [7, 11) is 0. The fraction of sp³-hybridized carbons (Fsp3) is 0.375. The molecule has 0 unspecified atom stereocenters. The maximum Gasteiger partial charge on any atom is 0.227 e. The van der Waals surface area contributed by atoms with E-state index >= 15 is 0 Å². The highest BCUT2D eigenvalue weighted by Gasteiger charge is 2.20. The van der Waals surface area contributed by atoms with Gasteiger partial charge in [-0.15, -0.1) is 0 Å². The second-order valence-electron chi connectivity index (χ2n) is 5.49. The second-order valence-corrected chi connectivity index (χ2v) is 5.49. The largest absolute Gasteiger partial charge is 0.340 e. The van der Waals surface area contributed by atoms with Crippen molar-refractivity contribution in [3.63, 3.8) is 0 Å². The number of amides is 1. The molecule has 5 heteroatoms. The van der Waals surface area contributed by atoms with E-state index in [0.717, 1.165) is 30.9 Å². The molecular formula is C16H20N4O. The van der Waals surface area contributed by atoms with Gasteiger partial charge in [-0.1, -0.05) is 12.1 Å². The zero-order valence-electron chi connectivity index (χ0n) is 12.2. The minimum Gasteiger partial charge on any atom is -0.340 e. The van der Waals surface area contributed by atoms with E-state index in [1.807, 2.05) is 46.1 Å². The Morgan fingerprint density at radius 3 is 2.86 bits per heavy atom. The van der Waals surface area contributed by atoms with E-state index in [4.69, 9.17) is 0 Å². The van der Waals surface area contributed by atoms with Gasteiger partial charge in [-0.3, -0.25) is 4.79 Å². The fourth-order valence-electron chi connectivity index (χ4n) is 2.63. The summed E-state index contributed by atoms with van der Waals surface area (Å²) < 4.78 is 1.81. The lowest BCUT2D eigenvalue weighted by Crippen LogP contribution is -2.51. The molecule has 1 aromatic carbocycles. The van der Waals surface area contributed by atoms with Crippen LogP contribution in [-0.4, -0.2) is 46.3 Å². The summed E-state index contributed by atoms with van der Waals surface area (Å²) in [5, 5.41) is 7.54. The van der Waals surface area contributed by atoms with Crippen molar-refractivity contribution in [3.8, 4) is 5.69 Å². The first kappa shape index (κ1) is 13.8. The number of nitrogens with zero attached hydrogens (tertiary/aromatic N) is 3. The Labute approximate surface area is 124 Å². The van der Waals surface area contributed by atoms with Gasteiger partial charge in [-0.2, -0.15) is 5.10 Å². The Kier molecular flexibility index (Phi) is 4.01. The summed E-state index contributed by atoms with van der Waals surface area (Å²) in [5.41, 5.74) is 2.05. The van der Waals surface area contributed by atoms with Gasteiger partial charge in [0.1, 0.15) is 0 Å². The van der Waals surface area contributed by atoms with Crippen molar-refractivity contribution in [1.82, 2.24) is 20.0 Å². The molecule has 0 bridgehead atoms. The van der Waals surface area contributed by atoms with Crippen molar-refractivity contribution in [2.24, 2.45) is 0 Å². The molecule has 21 heavy (non-hydrogen) atoms. The monoisotopic (exact) mass is 284 g/mol. The minimum absolute atomic E-state index is 0.204. The third kappa shape index (κ3) is 3.31. The molecule has 1 aliphatic rings. The molecule has 3 rings (SSSR count). The lowest BCUT2D eigenvalue weighted by molar-refractivity contribution is -0.131. The van der Waals surface area contributed by atoms with Crippen LogP contribution in [0.1, 0.15) is 12.5 Å². The van der Waals surface area contributed by atoms with Gasteiger partial charge < -0.3 is 10.2 Å². The number of nitrogens with one attached hydrogen (secondary N) is 1. The Bertz CT molecular complexity index is 591. The highest BCUT2D eigenvalue weighted by Crippen LogP contribution is 2.11. The van der Waals surface area contributed by atoms with Crippen molar-refractivity contribution in [2.75, 3.05) is 19.6 Å². The molecule has 0 aliphatic carbocycles. The predicted molar refractivity (Wildman–Crippen MR) is 81.3 cm³/mol. The molecule has 0 saturated carbocycles. The van der Waals surface area contributed by atoms with E-state index in [-0.39, 0.29) is 5.91 Å². The zero-order chi connectivity index (χ0) is 14.7. The molecule has 1 aromatic heterocycles. The van der Waals surface area contributed by atoms with Gasteiger partial charge in [-0.05, 0) is 30.7 Å². The lowest BCUT2D eigenvalue weighted by atomic mass is 10.1. The summed E-state index contributed by atoms with van der Waals surface area (Å²) in [6.45, 7) is 4.59. The quantitative estimate of drug-likeness (QED) is 0.922. The summed E-state index contributed by atoms with van der Waals surface area (Å²) in [6.07, 6.45) is 4.12. The lowest BCUT2D eigenvalue weighted by Gasteiger charge is -2.32. The standard InChI is InChI=1S/C16H20N4O/c1-13-12-19(10-8-17-13)16(21)11-14-3-5-15(6-4-14)20-9-2-7-18-20/h2-7,9,13,17H,8,10-12H2,1H3/t13-/m1/s1. The summed E-state index contributed by atoms with van der Waals surface area (Å²) in [6, 6.07) is 10.3. The molecule has 5 nitrogen and oxygen atoms in total. The van der Waals surface area contributed by atoms with Crippen LogP contribution in [-0.2, 0) is 11.2 Å². The van der Waals surface area contributed by atoms with E-state index in [2.05, 4.69) is 17.3 Å². The summed E-state index contributed by atoms with van der Waals surface area (Å²) in [4.78, 5) is 14.3. The van der Waals surface area contributed by atoms with Crippen LogP contribution in [0.4, 0.5) is 0 Å². The van der Waals surface area contributed by atoms with Crippen LogP contribution in [0.15, 0.2) is 42.7 Å². The number of aromatic nitrogens is 2. The molecule has 1 N–H and O–H groups in total. The highest BCUT2D eigenvalue weighted by atomic mass is 16.2. The normalized spacial score (nSPS) is 18.7. The van der Waals surface area contributed by atoms with Crippen LogP contribution < -0.4 is 5.32 Å². The average Bonchev–Trinajstić information content (AvgIpc) is 3.02. The van der Waals surface area contributed by atoms with E-state index in [1.165, 1.54) is 0 Å². The van der Waals surface area contributed by atoms with Crippen molar-refractivity contribution in [3.05, 3.63) is 48.3 Å². The Balaban J connectivity index is 1.63. The number of piperazine rings is 1. The van der Waals surface area contributed by atoms with Gasteiger partial charge in [0.05, 0.1) is 12.1 Å². The summed E-state index contributed by atoms with van der Waals surface area (Å²) in [5.74, 6) is 0.204. The number of benzene rings is 1. The van der Waals surface area contributed by atoms with E-state index < -0.39 is 0 Å². The first-order valence-corrected chi connectivity index (χ1v) is 7.32. The predicted octanol–water partition coefficient (Wildman–Crippen LogP) is 1.24. The van der Waals surface area contributed by atoms with Crippen molar-refractivity contribution < 1.29 is 4.79 Å². The number of rotatable bonds is 3. The van der Waals surface area contributed by atoms with Gasteiger partial charge >= 0.3 is 0 Å². The Morgan fingerprint density at radius 2 is 2.19 bits per heavy atom. The SMILES string of the molecule is C[C@@H]1CN(C(=O)Cc2ccc(-n3cccn3)cc2)CCN1. The van der Waals surface area contributed by atoms with Gasteiger partial charge in [0.2, 0.25) is 5.91 Å². The number of carbonyl (C=O) groups is 1. The van der Waals surface area contributed by atoms with E-state index in [9.17, 15) is 4.79 Å². The third-order valence-electron chi connectivity index (χ3n) is 3.78. The molecule has 1 fully saturated rings. The molecule has 1 aliphatic heterocycles. The fourth-order valence-corrected chi connectivity index (χ4v) is 2.63. The zero-order valence-corrected chi connectivity index (χ0v) is 12.2. The van der Waals surface area contributed by atoms with Crippen LogP contribution in [0.2, 0.25) is 0 Å². The van der Waals surface area contributed by atoms with Crippen molar-refractivity contribution >= 4 is 5.91 Å². The molecule has 1 saturated heterocycles. The number of hydrogen-bond acceptors (Lipinski definition) is 3. The molecule has 1 amide bonds. The first-order valence-electron chi connectivity index (χ1n) is 7.32. The molecule has 2 aromatic rings. The molecule has 2 heterocycles. The maximum atomic E-state index is 12.3. The highest BCUT2D eigenvalue weighted by molar-refractivity contribution is 5.79. The van der Waals surface area contributed by atoms with Crippen LogP contribution in [0.5, 0.6) is 0 Å². The Morgan fingerprint density at radius 1 is 1.38 bits per heavy atom. The molecule has 1 atom stereocenters. The van der Waals surface area contributed by atoms with Gasteiger partial charge in [-0.25, -0.2) is 4.68 Å². The van der Waals surface area contributed by atoms with Crippen LogP contribution in [0.25, 0.3) is 5.69 Å². The van der Waals surface area contributed by atoms with Crippen molar-refractivity contribution in [2.45, 2.75) is 19.4 Å². The van der Waals surface area contributed by atoms with Crippen LogP contribution >= 0.6 is 0 Å². The van der Waals surface area contributed by atoms with E-state index in [0.29, 0.717) is 12.5 Å². The topological polar surface area (TPSA) is 50.2 Å². The smallest absolute Gasteiger partial charge is 0.227 e. The van der Waals surface area contributed by atoms with Crippen molar-refractivity contribution in [1.29, 1.82) is 0 Å². The van der Waals surface area contributed by atoms with Crippen LogP contribution in [0, 0.1) is 0 Å². The van der Waals surface area contributed by atoms with Gasteiger partial charge in [0.25, 0.3) is 0 Å². The molecule has 110 valence electrons. The number of carbonyl (C=O) groups excluding carboxylic acids is 1. The summed E-state index contributed by atoms with van der Waals surface area (Å²) >= 11 is 0. The molecule has 0 spiro atoms. The van der Waals surface area contributed by atoms with E-state index in [1.54, 1.807) is 6.20 Å². The number of hydrogen-bond donors (Lipinski definition) is 1. The molecular weight excluding hydrogens is 264 g/mol. The first-order chi connectivity index (χ1) is 10.2.